The third-order valence-electron chi connectivity index (χ3n) is 5.55. The molecule has 0 spiro atoms. The minimum absolute atomic E-state index is 0.847. The molecular formula is C23H26S. The Morgan fingerprint density at radius 1 is 1.08 bits per heavy atom. The lowest BCUT2D eigenvalue weighted by atomic mass is 9.91. The summed E-state index contributed by atoms with van der Waals surface area (Å²) in [7, 11) is 0. The van der Waals surface area contributed by atoms with Gasteiger partial charge >= 0.3 is 0 Å². The summed E-state index contributed by atoms with van der Waals surface area (Å²) in [6, 6.07) is 16.1. The molecule has 0 saturated heterocycles. The van der Waals surface area contributed by atoms with E-state index < -0.39 is 0 Å². The van der Waals surface area contributed by atoms with Crippen molar-refractivity contribution in [1.29, 1.82) is 0 Å². The van der Waals surface area contributed by atoms with E-state index in [4.69, 9.17) is 0 Å². The molecule has 0 nitrogen and oxygen atoms in total. The molecule has 1 aliphatic rings. The zero-order chi connectivity index (χ0) is 16.5. The second-order valence-corrected chi connectivity index (χ2v) is 8.25. The van der Waals surface area contributed by atoms with Gasteiger partial charge in [-0.1, -0.05) is 75.9 Å². The molecule has 1 aromatic heterocycles. The van der Waals surface area contributed by atoms with E-state index in [1.54, 1.807) is 11.1 Å². The Kier molecular flexibility index (Phi) is 4.45. The number of unbranched alkanes of at least 4 members (excludes halogenated alkanes) is 1. The van der Waals surface area contributed by atoms with Crippen LogP contribution < -0.4 is 0 Å². The van der Waals surface area contributed by atoms with Crippen molar-refractivity contribution in [3.05, 3.63) is 59.2 Å². The van der Waals surface area contributed by atoms with Gasteiger partial charge in [-0.3, -0.25) is 0 Å². The minimum atomic E-state index is 0.847. The smallest absolute Gasteiger partial charge is 0.0393 e. The van der Waals surface area contributed by atoms with E-state index in [2.05, 4.69) is 56.3 Å². The van der Waals surface area contributed by atoms with Gasteiger partial charge in [-0.05, 0) is 46.0 Å². The molecule has 2 aromatic carbocycles. The van der Waals surface area contributed by atoms with E-state index in [1.807, 2.05) is 11.3 Å². The highest BCUT2D eigenvalue weighted by Gasteiger charge is 2.23. The van der Waals surface area contributed by atoms with Crippen LogP contribution in [0.5, 0.6) is 0 Å². The summed E-state index contributed by atoms with van der Waals surface area (Å²) in [5.74, 6) is 0.847. The molecule has 3 aromatic rings. The molecule has 0 amide bonds. The normalized spacial score (nSPS) is 13.9. The molecule has 1 heterocycles. The summed E-state index contributed by atoms with van der Waals surface area (Å²) in [5, 5.41) is 1.46. The van der Waals surface area contributed by atoms with Gasteiger partial charge in [0.1, 0.15) is 0 Å². The van der Waals surface area contributed by atoms with E-state index in [-0.39, 0.29) is 0 Å². The number of rotatable bonds is 6. The second kappa shape index (κ2) is 6.72. The number of thiophene rings is 1. The average molecular weight is 335 g/mol. The highest BCUT2D eigenvalue weighted by Crippen LogP contribution is 2.46. The first-order valence-electron chi connectivity index (χ1n) is 9.42. The summed E-state index contributed by atoms with van der Waals surface area (Å²) in [4.78, 5) is 1.51. The van der Waals surface area contributed by atoms with Gasteiger partial charge in [0.05, 0.1) is 0 Å². The van der Waals surface area contributed by atoms with Crippen molar-refractivity contribution in [1.82, 2.24) is 0 Å². The SMILES string of the molecule is CCCCC(CC)Cc1ccc2c(c1)Cc1c-2sc2ccccc12. The number of benzene rings is 2. The fourth-order valence-electron chi connectivity index (χ4n) is 4.10. The molecule has 1 atom stereocenters. The van der Waals surface area contributed by atoms with E-state index in [1.165, 1.54) is 58.2 Å². The first kappa shape index (κ1) is 15.9. The molecule has 124 valence electrons. The summed E-state index contributed by atoms with van der Waals surface area (Å²) in [6.45, 7) is 4.64. The third-order valence-corrected chi connectivity index (χ3v) is 6.79. The lowest BCUT2D eigenvalue weighted by Gasteiger charge is -2.15. The Bertz CT molecular complexity index is 856. The first-order valence-corrected chi connectivity index (χ1v) is 10.2. The molecular weight excluding hydrogens is 308 g/mol. The van der Waals surface area contributed by atoms with Crippen LogP contribution in [0.2, 0.25) is 0 Å². The Morgan fingerprint density at radius 3 is 2.79 bits per heavy atom. The van der Waals surface area contributed by atoms with Crippen LogP contribution in [-0.4, -0.2) is 0 Å². The van der Waals surface area contributed by atoms with Crippen LogP contribution in [0.4, 0.5) is 0 Å². The molecule has 24 heavy (non-hydrogen) atoms. The maximum atomic E-state index is 2.49. The summed E-state index contributed by atoms with van der Waals surface area (Å²) >= 11 is 1.96. The fourth-order valence-corrected chi connectivity index (χ4v) is 5.38. The Balaban J connectivity index is 1.61. The monoisotopic (exact) mass is 334 g/mol. The molecule has 0 fully saturated rings. The van der Waals surface area contributed by atoms with Crippen molar-refractivity contribution in [3.63, 3.8) is 0 Å². The molecule has 1 unspecified atom stereocenters. The highest BCUT2D eigenvalue weighted by molar-refractivity contribution is 7.22. The molecule has 0 bridgehead atoms. The van der Waals surface area contributed by atoms with E-state index in [9.17, 15) is 0 Å². The van der Waals surface area contributed by atoms with Gasteiger partial charge in [-0.2, -0.15) is 0 Å². The van der Waals surface area contributed by atoms with Crippen molar-refractivity contribution in [3.8, 4) is 10.4 Å². The molecule has 4 rings (SSSR count). The van der Waals surface area contributed by atoms with Crippen molar-refractivity contribution in [2.24, 2.45) is 5.92 Å². The Morgan fingerprint density at radius 2 is 1.96 bits per heavy atom. The zero-order valence-electron chi connectivity index (χ0n) is 14.8. The molecule has 0 saturated carbocycles. The zero-order valence-corrected chi connectivity index (χ0v) is 15.6. The van der Waals surface area contributed by atoms with E-state index in [0.29, 0.717) is 0 Å². The quantitative estimate of drug-likeness (QED) is 0.349. The topological polar surface area (TPSA) is 0 Å². The Labute approximate surface area is 149 Å². The summed E-state index contributed by atoms with van der Waals surface area (Å²) in [6.07, 6.45) is 7.73. The third kappa shape index (κ3) is 2.80. The van der Waals surface area contributed by atoms with Gasteiger partial charge in [-0.25, -0.2) is 0 Å². The van der Waals surface area contributed by atoms with Crippen LogP contribution in [0.25, 0.3) is 20.5 Å². The average Bonchev–Trinajstić information content (AvgIpc) is 3.14. The van der Waals surface area contributed by atoms with Crippen molar-refractivity contribution in [2.75, 3.05) is 0 Å². The molecule has 1 heteroatoms. The molecule has 0 N–H and O–H groups in total. The fraction of sp³-hybridized carbons (Fsp3) is 0.391. The lowest BCUT2D eigenvalue weighted by Crippen LogP contribution is -2.03. The maximum Gasteiger partial charge on any atom is 0.0393 e. The van der Waals surface area contributed by atoms with Crippen molar-refractivity contribution >= 4 is 21.4 Å². The van der Waals surface area contributed by atoms with Crippen LogP contribution in [0.1, 0.15) is 56.2 Å². The van der Waals surface area contributed by atoms with Crippen LogP contribution in [0.3, 0.4) is 0 Å². The molecule has 0 radical (unpaired) electrons. The van der Waals surface area contributed by atoms with Crippen molar-refractivity contribution in [2.45, 2.75) is 52.4 Å². The predicted octanol–water partition coefficient (Wildman–Crippen LogP) is 7.23. The van der Waals surface area contributed by atoms with Crippen LogP contribution >= 0.6 is 11.3 Å². The van der Waals surface area contributed by atoms with Gasteiger partial charge in [0.2, 0.25) is 0 Å². The van der Waals surface area contributed by atoms with Crippen LogP contribution in [0.15, 0.2) is 42.5 Å². The van der Waals surface area contributed by atoms with E-state index >= 15 is 0 Å². The van der Waals surface area contributed by atoms with Crippen LogP contribution in [-0.2, 0) is 12.8 Å². The molecule has 0 aliphatic heterocycles. The predicted molar refractivity (Wildman–Crippen MR) is 107 cm³/mol. The second-order valence-electron chi connectivity index (χ2n) is 7.19. The maximum absolute atomic E-state index is 2.49. The summed E-state index contributed by atoms with van der Waals surface area (Å²) in [5.41, 5.74) is 6.12. The minimum Gasteiger partial charge on any atom is -0.135 e. The number of fused-ring (bicyclic) bond motifs is 5. The first-order chi connectivity index (χ1) is 11.8. The van der Waals surface area contributed by atoms with Gasteiger partial charge in [0, 0.05) is 16.0 Å². The van der Waals surface area contributed by atoms with Gasteiger partial charge in [-0.15, -0.1) is 11.3 Å². The molecule has 1 aliphatic carbocycles. The standard InChI is InChI=1S/C23H26S/c1-3-5-8-16(4-2)13-17-11-12-19-18(14-17)15-21-20-9-6-7-10-22(20)24-23(19)21/h6-7,9-12,14,16H,3-5,8,13,15H2,1-2H3. The number of hydrogen-bond acceptors (Lipinski definition) is 1. The van der Waals surface area contributed by atoms with Crippen molar-refractivity contribution < 1.29 is 0 Å². The summed E-state index contributed by atoms with van der Waals surface area (Å²) < 4.78 is 1.43. The van der Waals surface area contributed by atoms with Gasteiger partial charge in [0.15, 0.2) is 0 Å². The van der Waals surface area contributed by atoms with E-state index in [0.717, 1.165) is 12.3 Å². The largest absolute Gasteiger partial charge is 0.135 e. The highest BCUT2D eigenvalue weighted by atomic mass is 32.1. The van der Waals surface area contributed by atoms with Gasteiger partial charge < -0.3 is 0 Å². The number of hydrogen-bond donors (Lipinski definition) is 0. The lowest BCUT2D eigenvalue weighted by molar-refractivity contribution is 0.449. The van der Waals surface area contributed by atoms with Gasteiger partial charge in [0.25, 0.3) is 0 Å². The Hall–Kier alpha value is -1.60. The van der Waals surface area contributed by atoms with Crippen LogP contribution in [0, 0.1) is 5.92 Å².